The fraction of sp³-hybridized carbons (Fsp3) is 0.821. The maximum absolute atomic E-state index is 13.3. The predicted molar refractivity (Wildman–Crippen MR) is 158 cm³/mol. The number of carboxylic acid groups (broad SMARTS) is 1. The summed E-state index contributed by atoms with van der Waals surface area (Å²) in [7, 11) is 0. The molecule has 0 heterocycles. The molecule has 0 bridgehead atoms. The van der Waals surface area contributed by atoms with E-state index in [0.717, 1.165) is 6.42 Å². The molecular formula is C28H55N7O6. The molecule has 0 aliphatic rings. The number of carbonyl (C=O) groups excluding carboxylic acids is 4. The van der Waals surface area contributed by atoms with Crippen molar-refractivity contribution in [3.05, 3.63) is 0 Å². The Kier molecular flexibility index (Phi) is 18.8. The lowest BCUT2D eigenvalue weighted by Crippen LogP contribution is -2.60. The van der Waals surface area contributed by atoms with Crippen LogP contribution in [0.5, 0.6) is 0 Å². The number of amides is 4. The predicted octanol–water partition coefficient (Wildman–Crippen LogP) is -0.0464. The number of hydrogen-bond acceptors (Lipinski definition) is 8. The molecule has 238 valence electrons. The van der Waals surface area contributed by atoms with Gasteiger partial charge in [0.15, 0.2) is 0 Å². The molecule has 0 aromatic carbocycles. The molecule has 41 heavy (non-hydrogen) atoms. The average molecular weight is 586 g/mol. The quantitative estimate of drug-likeness (QED) is 0.0843. The van der Waals surface area contributed by atoms with Crippen LogP contribution in [0.2, 0.25) is 0 Å². The Labute approximate surface area is 244 Å². The lowest BCUT2D eigenvalue weighted by molar-refractivity contribution is -0.143. The van der Waals surface area contributed by atoms with Gasteiger partial charge in [-0.2, -0.15) is 0 Å². The van der Waals surface area contributed by atoms with E-state index in [-0.39, 0.29) is 24.2 Å². The van der Waals surface area contributed by atoms with Crippen LogP contribution in [0.25, 0.3) is 0 Å². The molecule has 0 aliphatic heterocycles. The lowest BCUT2D eigenvalue weighted by Gasteiger charge is -2.29. The van der Waals surface area contributed by atoms with Crippen molar-refractivity contribution >= 4 is 29.6 Å². The van der Waals surface area contributed by atoms with Gasteiger partial charge < -0.3 is 43.6 Å². The number of carboxylic acids is 1. The summed E-state index contributed by atoms with van der Waals surface area (Å²) in [6.45, 7) is 11.6. The third kappa shape index (κ3) is 15.1. The van der Waals surface area contributed by atoms with Crippen molar-refractivity contribution in [1.82, 2.24) is 21.3 Å². The van der Waals surface area contributed by atoms with Gasteiger partial charge in [-0.05, 0) is 69.4 Å². The van der Waals surface area contributed by atoms with Gasteiger partial charge in [0.1, 0.15) is 24.2 Å². The number of aliphatic carboxylic acids is 1. The molecule has 0 saturated carbocycles. The summed E-state index contributed by atoms with van der Waals surface area (Å²) in [5.41, 5.74) is 17.1. The van der Waals surface area contributed by atoms with Crippen molar-refractivity contribution in [3.8, 4) is 0 Å². The van der Waals surface area contributed by atoms with E-state index in [9.17, 15) is 29.1 Å². The fourth-order valence-corrected chi connectivity index (χ4v) is 4.20. The zero-order chi connectivity index (χ0) is 31.7. The van der Waals surface area contributed by atoms with Crippen molar-refractivity contribution in [3.63, 3.8) is 0 Å². The molecule has 0 saturated heterocycles. The number of nitrogens with two attached hydrogens (primary N) is 3. The number of nitrogens with one attached hydrogen (secondary N) is 4. The van der Waals surface area contributed by atoms with Gasteiger partial charge in [-0.15, -0.1) is 0 Å². The van der Waals surface area contributed by atoms with Gasteiger partial charge in [-0.25, -0.2) is 4.79 Å². The lowest BCUT2D eigenvalue weighted by atomic mass is 9.98. The fourth-order valence-electron chi connectivity index (χ4n) is 4.20. The van der Waals surface area contributed by atoms with Crippen LogP contribution in [0.1, 0.15) is 86.5 Å². The van der Waals surface area contributed by atoms with E-state index in [1.807, 2.05) is 13.8 Å². The molecule has 11 N–H and O–H groups in total. The van der Waals surface area contributed by atoms with E-state index in [1.165, 1.54) is 0 Å². The topological polar surface area (TPSA) is 232 Å². The van der Waals surface area contributed by atoms with Gasteiger partial charge in [0.2, 0.25) is 23.6 Å². The first-order valence-electron chi connectivity index (χ1n) is 14.8. The van der Waals surface area contributed by atoms with E-state index in [0.29, 0.717) is 45.2 Å². The Morgan fingerprint density at radius 1 is 0.610 bits per heavy atom. The highest BCUT2D eigenvalue weighted by Gasteiger charge is 2.34. The molecule has 0 spiro atoms. The summed E-state index contributed by atoms with van der Waals surface area (Å²) >= 11 is 0. The van der Waals surface area contributed by atoms with Gasteiger partial charge in [0.25, 0.3) is 0 Å². The maximum atomic E-state index is 13.3. The highest BCUT2D eigenvalue weighted by molar-refractivity contribution is 5.95. The summed E-state index contributed by atoms with van der Waals surface area (Å²) in [6, 6.07) is -4.87. The Balaban J connectivity index is 5.65. The molecule has 13 nitrogen and oxygen atoms in total. The highest BCUT2D eigenvalue weighted by Crippen LogP contribution is 2.11. The molecule has 13 heteroatoms. The number of unbranched alkanes of at least 4 members (excludes halogenated alkanes) is 2. The van der Waals surface area contributed by atoms with Crippen LogP contribution in [0.4, 0.5) is 0 Å². The van der Waals surface area contributed by atoms with Crippen LogP contribution < -0.4 is 38.5 Å². The largest absolute Gasteiger partial charge is 0.480 e. The molecule has 0 aliphatic carbocycles. The first-order valence-corrected chi connectivity index (χ1v) is 14.8. The van der Waals surface area contributed by atoms with E-state index in [2.05, 4.69) is 21.3 Å². The van der Waals surface area contributed by atoms with Crippen LogP contribution in [0.15, 0.2) is 0 Å². The van der Waals surface area contributed by atoms with E-state index in [1.54, 1.807) is 27.7 Å². The monoisotopic (exact) mass is 585 g/mol. The van der Waals surface area contributed by atoms with Crippen molar-refractivity contribution in [2.24, 2.45) is 35.0 Å². The van der Waals surface area contributed by atoms with Crippen molar-refractivity contribution < 1.29 is 29.1 Å². The third-order valence-corrected chi connectivity index (χ3v) is 6.70. The minimum Gasteiger partial charge on any atom is -0.480 e. The molecule has 0 fully saturated rings. The SMILES string of the molecule is CC(C)C[C@H](NC(=O)[C@@H](NC(=O)[C@@H](NC(=O)[C@H](CCCCN)NC(=O)[C@@H](N)CCCCN)C(C)C)C(C)C)C(=O)O. The normalized spacial score (nSPS) is 15.1. The zero-order valence-electron chi connectivity index (χ0n) is 25.7. The van der Waals surface area contributed by atoms with Crippen LogP contribution in [-0.2, 0) is 24.0 Å². The van der Waals surface area contributed by atoms with Crippen molar-refractivity contribution in [2.45, 2.75) is 117 Å². The molecule has 0 aromatic rings. The van der Waals surface area contributed by atoms with Gasteiger partial charge in [-0.3, -0.25) is 19.2 Å². The Bertz CT molecular complexity index is 837. The molecular weight excluding hydrogens is 530 g/mol. The molecule has 0 aromatic heterocycles. The molecule has 0 rings (SSSR count). The molecule has 0 radical (unpaired) electrons. The van der Waals surface area contributed by atoms with Gasteiger partial charge in [0, 0.05) is 0 Å². The van der Waals surface area contributed by atoms with E-state index in [4.69, 9.17) is 17.2 Å². The second kappa shape index (κ2) is 20.2. The smallest absolute Gasteiger partial charge is 0.326 e. The number of hydrogen-bond donors (Lipinski definition) is 8. The summed E-state index contributed by atoms with van der Waals surface area (Å²) in [5.74, 6) is -4.08. The van der Waals surface area contributed by atoms with Gasteiger partial charge in [-0.1, -0.05) is 48.0 Å². The second-order valence-electron chi connectivity index (χ2n) is 11.7. The molecule has 4 amide bonds. The summed E-state index contributed by atoms with van der Waals surface area (Å²) < 4.78 is 0. The number of carbonyl (C=O) groups is 5. The summed E-state index contributed by atoms with van der Waals surface area (Å²) in [5, 5.41) is 20.2. The Hall–Kier alpha value is -2.77. The highest BCUT2D eigenvalue weighted by atomic mass is 16.4. The first-order chi connectivity index (χ1) is 19.2. The minimum absolute atomic E-state index is 0.0304. The first kappa shape index (κ1) is 38.2. The van der Waals surface area contributed by atoms with Crippen molar-refractivity contribution in [1.29, 1.82) is 0 Å². The zero-order valence-corrected chi connectivity index (χ0v) is 25.7. The summed E-state index contributed by atoms with van der Waals surface area (Å²) in [4.78, 5) is 64.0. The average Bonchev–Trinajstić information content (AvgIpc) is 2.88. The number of rotatable bonds is 21. The second-order valence-corrected chi connectivity index (χ2v) is 11.7. The van der Waals surface area contributed by atoms with Crippen LogP contribution >= 0.6 is 0 Å². The standard InChI is InChI=1S/C28H55N7O6/c1-16(2)15-21(28(40)41)33-26(38)22(17(3)4)35-27(39)23(18(5)6)34-25(37)20(12-8-10-14-30)32-24(36)19(31)11-7-9-13-29/h16-23H,7-15,29-31H2,1-6H3,(H,32,36)(H,33,38)(H,34,37)(H,35,39)(H,40,41)/t19-,20-,21-,22-,23-/m0/s1. The van der Waals surface area contributed by atoms with E-state index >= 15 is 0 Å². The third-order valence-electron chi connectivity index (χ3n) is 6.70. The van der Waals surface area contributed by atoms with Crippen LogP contribution in [-0.4, -0.2) is 78.0 Å². The summed E-state index contributed by atoms with van der Waals surface area (Å²) in [6.07, 6.45) is 3.60. The maximum Gasteiger partial charge on any atom is 0.326 e. The molecule has 5 atom stereocenters. The van der Waals surface area contributed by atoms with E-state index < -0.39 is 59.8 Å². The Morgan fingerprint density at radius 3 is 1.49 bits per heavy atom. The van der Waals surface area contributed by atoms with Crippen molar-refractivity contribution in [2.75, 3.05) is 13.1 Å². The minimum atomic E-state index is -1.16. The van der Waals surface area contributed by atoms with Gasteiger partial charge >= 0.3 is 5.97 Å². The van der Waals surface area contributed by atoms with Gasteiger partial charge in [0.05, 0.1) is 6.04 Å². The van der Waals surface area contributed by atoms with Crippen LogP contribution in [0, 0.1) is 17.8 Å². The molecule has 0 unspecified atom stereocenters. The Morgan fingerprint density at radius 2 is 1.05 bits per heavy atom. The van der Waals surface area contributed by atoms with Crippen LogP contribution in [0.3, 0.4) is 0 Å².